The zero-order valence-corrected chi connectivity index (χ0v) is 7.67. The highest BCUT2D eigenvalue weighted by Crippen LogP contribution is 2.49. The fourth-order valence-electron chi connectivity index (χ4n) is 0.619. The molecule has 0 fully saturated rings. The monoisotopic (exact) mass is 254 g/mol. The Balaban J connectivity index is 5.36. The first kappa shape index (κ1) is 14.7. The molecule has 0 radical (unpaired) electrons. The normalized spacial score (nSPS) is 13.5. The third kappa shape index (κ3) is 2.12. The summed E-state index contributed by atoms with van der Waals surface area (Å²) in [5.41, 5.74) is -2.27. The number of ether oxygens (including phenoxy) is 1. The van der Waals surface area contributed by atoms with Gasteiger partial charge in [-0.1, -0.05) is 6.58 Å². The molecule has 0 spiro atoms. The van der Waals surface area contributed by atoms with Crippen molar-refractivity contribution in [3.05, 3.63) is 12.2 Å². The van der Waals surface area contributed by atoms with Gasteiger partial charge in [0, 0.05) is 0 Å². The third-order valence-corrected chi connectivity index (χ3v) is 1.56. The first-order valence-electron chi connectivity index (χ1n) is 3.49. The van der Waals surface area contributed by atoms with E-state index in [4.69, 9.17) is 0 Å². The van der Waals surface area contributed by atoms with E-state index in [2.05, 4.69) is 11.3 Å². The van der Waals surface area contributed by atoms with Gasteiger partial charge < -0.3 is 4.74 Å². The van der Waals surface area contributed by atoms with E-state index in [1.807, 2.05) is 0 Å². The second-order valence-corrected chi connectivity index (χ2v) is 2.62. The molecule has 0 aromatic heterocycles. The summed E-state index contributed by atoms with van der Waals surface area (Å²) in [6, 6.07) is 0. The SMILES string of the molecule is C=C(C(=O)OC)C(F)(F)C(F)(F)C(F)(F)F. The van der Waals surface area contributed by atoms with Gasteiger partial charge in [-0.2, -0.15) is 30.7 Å². The average molecular weight is 254 g/mol. The van der Waals surface area contributed by atoms with Crippen LogP contribution in [0.3, 0.4) is 0 Å². The molecule has 0 rings (SSSR count). The van der Waals surface area contributed by atoms with Crippen molar-refractivity contribution in [2.75, 3.05) is 7.11 Å². The van der Waals surface area contributed by atoms with Gasteiger partial charge in [0.15, 0.2) is 0 Å². The maximum Gasteiger partial charge on any atom is 0.460 e. The minimum atomic E-state index is -6.51. The molecule has 0 saturated heterocycles. The molecule has 0 amide bonds. The van der Waals surface area contributed by atoms with E-state index in [1.54, 1.807) is 0 Å². The van der Waals surface area contributed by atoms with E-state index in [-0.39, 0.29) is 0 Å². The molecule has 0 atom stereocenters. The van der Waals surface area contributed by atoms with Crippen LogP contribution < -0.4 is 0 Å². The zero-order valence-electron chi connectivity index (χ0n) is 7.67. The molecule has 2 nitrogen and oxygen atoms in total. The van der Waals surface area contributed by atoms with Crippen LogP contribution in [0.4, 0.5) is 30.7 Å². The number of rotatable bonds is 3. The average Bonchev–Trinajstić information content (AvgIpc) is 2.13. The van der Waals surface area contributed by atoms with E-state index >= 15 is 0 Å². The Morgan fingerprint density at radius 1 is 1.06 bits per heavy atom. The Hall–Kier alpha value is -1.28. The van der Waals surface area contributed by atoms with Crippen molar-refractivity contribution in [3.8, 4) is 0 Å². The summed E-state index contributed by atoms with van der Waals surface area (Å²) in [5, 5.41) is 0. The fourth-order valence-corrected chi connectivity index (χ4v) is 0.619. The van der Waals surface area contributed by atoms with Crippen LogP contribution in [0.1, 0.15) is 0 Å². The van der Waals surface area contributed by atoms with Crippen molar-refractivity contribution in [1.29, 1.82) is 0 Å². The smallest absolute Gasteiger partial charge is 0.460 e. The lowest BCUT2D eigenvalue weighted by Crippen LogP contribution is -2.53. The molecule has 0 aliphatic rings. The van der Waals surface area contributed by atoms with Crippen LogP contribution in [0.25, 0.3) is 0 Å². The number of hydrogen-bond acceptors (Lipinski definition) is 2. The van der Waals surface area contributed by atoms with Crippen molar-refractivity contribution < 1.29 is 40.3 Å². The number of carbonyl (C=O) groups excluding carboxylic acids is 1. The predicted octanol–water partition coefficient (Wildman–Crippen LogP) is 2.55. The predicted molar refractivity (Wildman–Crippen MR) is 37.1 cm³/mol. The third-order valence-electron chi connectivity index (χ3n) is 1.56. The Labute approximate surface area is 84.7 Å². The molecule has 0 heterocycles. The van der Waals surface area contributed by atoms with E-state index < -0.39 is 29.6 Å². The molecule has 16 heavy (non-hydrogen) atoms. The van der Waals surface area contributed by atoms with Crippen molar-refractivity contribution in [1.82, 2.24) is 0 Å². The highest BCUT2D eigenvalue weighted by Gasteiger charge is 2.74. The molecule has 0 aromatic rings. The highest BCUT2D eigenvalue weighted by molar-refractivity contribution is 5.89. The Morgan fingerprint density at radius 2 is 1.44 bits per heavy atom. The van der Waals surface area contributed by atoms with Crippen LogP contribution >= 0.6 is 0 Å². The second kappa shape index (κ2) is 3.95. The summed E-state index contributed by atoms with van der Waals surface area (Å²) in [4.78, 5) is 10.4. The summed E-state index contributed by atoms with van der Waals surface area (Å²) in [6.45, 7) is 2.17. The minimum absolute atomic E-state index is 0.537. The molecule has 94 valence electrons. The van der Waals surface area contributed by atoms with E-state index in [0.29, 0.717) is 7.11 Å². The summed E-state index contributed by atoms with van der Waals surface area (Å²) < 4.78 is 88.4. The maximum atomic E-state index is 12.7. The van der Waals surface area contributed by atoms with E-state index in [1.165, 1.54) is 0 Å². The first-order chi connectivity index (χ1) is 6.89. The van der Waals surface area contributed by atoms with Crippen molar-refractivity contribution in [2.24, 2.45) is 0 Å². The van der Waals surface area contributed by atoms with Gasteiger partial charge in [-0.05, 0) is 0 Å². The van der Waals surface area contributed by atoms with Gasteiger partial charge >= 0.3 is 24.0 Å². The summed E-state index contributed by atoms with van der Waals surface area (Å²) in [6.07, 6.45) is -6.51. The fraction of sp³-hybridized carbons (Fsp3) is 0.571. The molecular formula is C7H5F7O2. The summed E-state index contributed by atoms with van der Waals surface area (Å²) >= 11 is 0. The Morgan fingerprint density at radius 3 is 1.69 bits per heavy atom. The van der Waals surface area contributed by atoms with Crippen LogP contribution in [0, 0.1) is 0 Å². The van der Waals surface area contributed by atoms with Crippen molar-refractivity contribution in [2.45, 2.75) is 18.0 Å². The minimum Gasteiger partial charge on any atom is -0.466 e. The van der Waals surface area contributed by atoms with Crippen LogP contribution in [0.2, 0.25) is 0 Å². The number of methoxy groups -OCH3 is 1. The summed E-state index contributed by atoms with van der Waals surface area (Å²) in [5.74, 6) is -14.2. The quantitative estimate of drug-likeness (QED) is 0.439. The number of hydrogen-bond donors (Lipinski definition) is 0. The first-order valence-corrected chi connectivity index (χ1v) is 3.49. The molecule has 0 aliphatic heterocycles. The zero-order chi connectivity index (χ0) is 13.4. The maximum absolute atomic E-state index is 12.7. The van der Waals surface area contributed by atoms with Gasteiger partial charge in [-0.25, -0.2) is 4.79 Å². The Kier molecular flexibility index (Phi) is 3.63. The van der Waals surface area contributed by atoms with Crippen molar-refractivity contribution in [3.63, 3.8) is 0 Å². The number of carbonyl (C=O) groups is 1. The molecular weight excluding hydrogens is 249 g/mol. The largest absolute Gasteiger partial charge is 0.466 e. The number of esters is 1. The van der Waals surface area contributed by atoms with E-state index in [0.717, 1.165) is 0 Å². The molecule has 9 heteroatoms. The van der Waals surface area contributed by atoms with Crippen LogP contribution in [-0.4, -0.2) is 31.1 Å². The van der Waals surface area contributed by atoms with Crippen LogP contribution in [0.5, 0.6) is 0 Å². The highest BCUT2D eigenvalue weighted by atomic mass is 19.4. The number of halogens is 7. The molecule has 0 aromatic carbocycles. The molecule has 0 aliphatic carbocycles. The van der Waals surface area contributed by atoms with Crippen LogP contribution in [-0.2, 0) is 9.53 Å². The van der Waals surface area contributed by atoms with Gasteiger partial charge in [0.1, 0.15) is 5.57 Å². The second-order valence-electron chi connectivity index (χ2n) is 2.62. The van der Waals surface area contributed by atoms with Gasteiger partial charge in [-0.3, -0.25) is 0 Å². The standard InChI is InChI=1S/C7H5F7O2/c1-3(4(15)16-2)5(8,9)6(10,11)7(12,13)14/h1H2,2H3. The molecule has 0 N–H and O–H groups in total. The lowest BCUT2D eigenvalue weighted by Gasteiger charge is -2.28. The topological polar surface area (TPSA) is 26.3 Å². The van der Waals surface area contributed by atoms with Gasteiger partial charge in [0.25, 0.3) is 0 Å². The molecule has 0 bridgehead atoms. The summed E-state index contributed by atoms with van der Waals surface area (Å²) in [7, 11) is 0.537. The van der Waals surface area contributed by atoms with Gasteiger partial charge in [0.2, 0.25) is 0 Å². The molecule has 0 saturated carbocycles. The van der Waals surface area contributed by atoms with E-state index in [9.17, 15) is 35.5 Å². The van der Waals surface area contributed by atoms with Gasteiger partial charge in [0.05, 0.1) is 7.11 Å². The lowest BCUT2D eigenvalue weighted by molar-refractivity contribution is -0.344. The van der Waals surface area contributed by atoms with Crippen molar-refractivity contribution >= 4 is 5.97 Å². The lowest BCUT2D eigenvalue weighted by atomic mass is 10.0. The molecule has 0 unspecified atom stereocenters. The Bertz CT molecular complexity index is 304. The number of alkyl halides is 7. The van der Waals surface area contributed by atoms with Gasteiger partial charge in [-0.15, -0.1) is 0 Å². The van der Waals surface area contributed by atoms with Crippen LogP contribution in [0.15, 0.2) is 12.2 Å².